The van der Waals surface area contributed by atoms with Gasteiger partial charge in [-0.3, -0.25) is 4.57 Å². The number of methoxy groups -OCH3 is 2. The van der Waals surface area contributed by atoms with Crippen LogP contribution in [0.1, 0.15) is 32.4 Å². The molecular formula is C23H25N3O4. The largest absolute Gasteiger partial charge is 0.493 e. The van der Waals surface area contributed by atoms with Crippen molar-refractivity contribution in [3.8, 4) is 11.5 Å². The van der Waals surface area contributed by atoms with E-state index in [0.29, 0.717) is 28.7 Å². The Morgan fingerprint density at radius 2 is 1.87 bits per heavy atom. The molecule has 0 radical (unpaired) electrons. The Morgan fingerprint density at radius 1 is 1.10 bits per heavy atom. The van der Waals surface area contributed by atoms with Crippen LogP contribution < -0.4 is 14.8 Å². The molecule has 30 heavy (non-hydrogen) atoms. The molecule has 0 saturated heterocycles. The second-order valence-electron chi connectivity index (χ2n) is 7.40. The molecule has 0 saturated carbocycles. The first kappa shape index (κ1) is 19.8. The van der Waals surface area contributed by atoms with Gasteiger partial charge >= 0.3 is 5.97 Å². The molecule has 1 aliphatic heterocycles. The van der Waals surface area contributed by atoms with Gasteiger partial charge in [0.15, 0.2) is 11.5 Å². The number of rotatable bonds is 5. The third-order valence-corrected chi connectivity index (χ3v) is 5.12. The number of carbonyl (C=O) groups is 1. The molecule has 1 aromatic heterocycles. The molecule has 4 rings (SSSR count). The average Bonchev–Trinajstić information content (AvgIpc) is 3.09. The van der Waals surface area contributed by atoms with Crippen LogP contribution >= 0.6 is 0 Å². The number of aromatic nitrogens is 2. The van der Waals surface area contributed by atoms with Gasteiger partial charge < -0.3 is 19.5 Å². The van der Waals surface area contributed by atoms with E-state index in [1.54, 1.807) is 14.2 Å². The van der Waals surface area contributed by atoms with Gasteiger partial charge in [0.2, 0.25) is 5.95 Å². The van der Waals surface area contributed by atoms with Crippen LogP contribution in [-0.2, 0) is 9.53 Å². The number of imidazole rings is 1. The molecule has 3 aromatic rings. The third-order valence-electron chi connectivity index (χ3n) is 5.12. The number of ether oxygens (including phenoxy) is 3. The van der Waals surface area contributed by atoms with Crippen LogP contribution in [0.25, 0.3) is 11.0 Å². The van der Waals surface area contributed by atoms with Gasteiger partial charge in [-0.2, -0.15) is 0 Å². The van der Waals surface area contributed by atoms with Crippen LogP contribution in [0.2, 0.25) is 0 Å². The zero-order chi connectivity index (χ0) is 21.4. The summed E-state index contributed by atoms with van der Waals surface area (Å²) in [6, 6.07) is 13.0. The Morgan fingerprint density at radius 3 is 2.57 bits per heavy atom. The maximum absolute atomic E-state index is 13.2. The van der Waals surface area contributed by atoms with Crippen LogP contribution in [-0.4, -0.2) is 35.8 Å². The normalized spacial score (nSPS) is 15.7. The molecule has 1 N–H and O–H groups in total. The van der Waals surface area contributed by atoms with E-state index in [-0.39, 0.29) is 12.1 Å². The predicted octanol–water partition coefficient (Wildman–Crippen LogP) is 4.29. The van der Waals surface area contributed by atoms with Crippen LogP contribution in [0.3, 0.4) is 0 Å². The van der Waals surface area contributed by atoms with Crippen molar-refractivity contribution < 1.29 is 19.0 Å². The quantitative estimate of drug-likeness (QED) is 0.636. The van der Waals surface area contributed by atoms with E-state index in [9.17, 15) is 4.79 Å². The van der Waals surface area contributed by atoms with Crippen molar-refractivity contribution in [3.05, 3.63) is 59.3 Å². The summed E-state index contributed by atoms with van der Waals surface area (Å²) < 4.78 is 18.8. The number of anilines is 1. The highest BCUT2D eigenvalue weighted by Crippen LogP contribution is 2.45. The molecular weight excluding hydrogens is 382 g/mol. The summed E-state index contributed by atoms with van der Waals surface area (Å²) in [4.78, 5) is 17.9. The van der Waals surface area contributed by atoms with Crippen molar-refractivity contribution in [2.45, 2.75) is 32.9 Å². The molecule has 1 atom stereocenters. The third kappa shape index (κ3) is 3.16. The minimum Gasteiger partial charge on any atom is -0.493 e. The second kappa shape index (κ2) is 7.74. The summed E-state index contributed by atoms with van der Waals surface area (Å²) >= 11 is 0. The lowest BCUT2D eigenvalue weighted by Crippen LogP contribution is -2.30. The maximum Gasteiger partial charge on any atom is 0.338 e. The van der Waals surface area contributed by atoms with Gasteiger partial charge in [-0.05, 0) is 39.0 Å². The number of para-hydroxylation sites is 3. The molecule has 0 spiro atoms. The number of hydrogen-bond donors (Lipinski definition) is 1. The Hall–Kier alpha value is -3.48. The first-order valence-electron chi connectivity index (χ1n) is 9.82. The topological polar surface area (TPSA) is 74.6 Å². The molecule has 0 fully saturated rings. The minimum atomic E-state index is -0.495. The molecule has 156 valence electrons. The first-order valence-corrected chi connectivity index (χ1v) is 9.82. The van der Waals surface area contributed by atoms with E-state index >= 15 is 0 Å². The molecule has 1 aliphatic rings. The Bertz CT molecular complexity index is 1150. The number of carbonyl (C=O) groups excluding carboxylic acids is 1. The van der Waals surface area contributed by atoms with E-state index in [1.165, 1.54) is 0 Å². The summed E-state index contributed by atoms with van der Waals surface area (Å²) in [7, 11) is 3.19. The van der Waals surface area contributed by atoms with Crippen molar-refractivity contribution >= 4 is 23.0 Å². The molecule has 0 amide bonds. The van der Waals surface area contributed by atoms with Crippen molar-refractivity contribution in [1.82, 2.24) is 9.55 Å². The number of allylic oxidation sites excluding steroid dienone is 1. The SMILES string of the molecule is COc1cccc(C2C(C(=O)OC(C)C)=C(C)Nc3nc4ccccc4n32)c1OC. The highest BCUT2D eigenvalue weighted by atomic mass is 16.5. The van der Waals surface area contributed by atoms with Crippen molar-refractivity contribution in [2.75, 3.05) is 19.5 Å². The fourth-order valence-electron chi connectivity index (χ4n) is 3.93. The number of hydrogen-bond acceptors (Lipinski definition) is 6. The number of nitrogens with zero attached hydrogens (tertiary/aromatic N) is 2. The van der Waals surface area contributed by atoms with Crippen molar-refractivity contribution in [3.63, 3.8) is 0 Å². The zero-order valence-corrected chi connectivity index (χ0v) is 17.7. The fourth-order valence-corrected chi connectivity index (χ4v) is 3.93. The lowest BCUT2D eigenvalue weighted by atomic mass is 9.94. The van der Waals surface area contributed by atoms with Crippen LogP contribution in [0, 0.1) is 0 Å². The van der Waals surface area contributed by atoms with Gasteiger partial charge in [0.1, 0.15) is 0 Å². The monoisotopic (exact) mass is 407 g/mol. The number of benzene rings is 2. The molecule has 0 aliphatic carbocycles. The Kier molecular flexibility index (Phi) is 5.11. The standard InChI is InChI=1S/C23H25N3O4/c1-13(2)30-22(27)19-14(3)24-23-25-16-10-6-7-11-17(16)26(23)20(19)15-9-8-12-18(28-4)21(15)29-5/h6-13,20H,1-5H3,(H,24,25). The molecule has 2 heterocycles. The van der Waals surface area contributed by atoms with Crippen molar-refractivity contribution in [2.24, 2.45) is 0 Å². The van der Waals surface area contributed by atoms with E-state index in [2.05, 4.69) is 5.32 Å². The lowest BCUT2D eigenvalue weighted by Gasteiger charge is -2.31. The van der Waals surface area contributed by atoms with E-state index in [4.69, 9.17) is 19.2 Å². The summed E-state index contributed by atoms with van der Waals surface area (Å²) in [6.45, 7) is 5.53. The summed E-state index contributed by atoms with van der Waals surface area (Å²) in [6.07, 6.45) is -0.244. The van der Waals surface area contributed by atoms with Gasteiger partial charge in [-0.25, -0.2) is 9.78 Å². The molecule has 7 nitrogen and oxygen atoms in total. The molecule has 0 bridgehead atoms. The number of fused-ring (bicyclic) bond motifs is 3. The van der Waals surface area contributed by atoms with Crippen LogP contribution in [0.15, 0.2) is 53.7 Å². The molecule has 7 heteroatoms. The van der Waals surface area contributed by atoms with Gasteiger partial charge in [-0.15, -0.1) is 0 Å². The van der Waals surface area contributed by atoms with Crippen LogP contribution in [0.4, 0.5) is 5.95 Å². The zero-order valence-electron chi connectivity index (χ0n) is 17.7. The van der Waals surface area contributed by atoms with Crippen LogP contribution in [0.5, 0.6) is 11.5 Å². The smallest absolute Gasteiger partial charge is 0.338 e. The highest BCUT2D eigenvalue weighted by Gasteiger charge is 2.37. The fraction of sp³-hybridized carbons (Fsp3) is 0.304. The van der Waals surface area contributed by atoms with E-state index in [0.717, 1.165) is 16.6 Å². The average molecular weight is 407 g/mol. The Balaban J connectivity index is 2.02. The maximum atomic E-state index is 13.2. The van der Waals surface area contributed by atoms with Crippen molar-refractivity contribution in [1.29, 1.82) is 0 Å². The van der Waals surface area contributed by atoms with Gasteiger partial charge in [-0.1, -0.05) is 24.3 Å². The number of esters is 1. The van der Waals surface area contributed by atoms with Gasteiger partial charge in [0.25, 0.3) is 0 Å². The minimum absolute atomic E-state index is 0.244. The lowest BCUT2D eigenvalue weighted by molar-refractivity contribution is -0.143. The predicted molar refractivity (Wildman–Crippen MR) is 115 cm³/mol. The van der Waals surface area contributed by atoms with Gasteiger partial charge in [0.05, 0.1) is 43.0 Å². The highest BCUT2D eigenvalue weighted by molar-refractivity contribution is 5.94. The summed E-state index contributed by atoms with van der Waals surface area (Å²) in [5.41, 5.74) is 3.72. The van der Waals surface area contributed by atoms with E-state index < -0.39 is 6.04 Å². The number of nitrogens with one attached hydrogen (secondary N) is 1. The second-order valence-corrected chi connectivity index (χ2v) is 7.40. The Labute approximate surface area is 175 Å². The van der Waals surface area contributed by atoms with E-state index in [1.807, 2.05) is 67.8 Å². The summed E-state index contributed by atoms with van der Waals surface area (Å²) in [5.74, 6) is 1.44. The summed E-state index contributed by atoms with van der Waals surface area (Å²) in [5, 5.41) is 3.28. The molecule has 2 aromatic carbocycles. The molecule has 1 unspecified atom stereocenters. The van der Waals surface area contributed by atoms with Gasteiger partial charge in [0, 0.05) is 11.3 Å². The first-order chi connectivity index (χ1) is 14.5.